The Bertz CT molecular complexity index is 268. The third-order valence-corrected chi connectivity index (χ3v) is 4.54. The van der Waals surface area contributed by atoms with Gasteiger partial charge in [-0.2, -0.15) is 0 Å². The molecule has 1 aliphatic carbocycles. The molecular weight excluding hydrogens is 224 g/mol. The summed E-state index contributed by atoms with van der Waals surface area (Å²) in [5.41, 5.74) is 0. The van der Waals surface area contributed by atoms with Crippen molar-refractivity contribution < 1.29 is 4.79 Å². The fourth-order valence-corrected chi connectivity index (χ4v) is 3.21. The van der Waals surface area contributed by atoms with E-state index in [1.165, 1.54) is 32.1 Å². The quantitative estimate of drug-likeness (QED) is 0.815. The van der Waals surface area contributed by atoms with Gasteiger partial charge in [0.2, 0.25) is 5.91 Å². The Balaban J connectivity index is 1.77. The first kappa shape index (κ1) is 13.9. The van der Waals surface area contributed by atoms with Gasteiger partial charge in [-0.05, 0) is 71.4 Å². The molecule has 0 radical (unpaired) electrons. The molecular formula is C15H28N2O. The largest absolute Gasteiger partial charge is 0.337 e. The molecule has 104 valence electrons. The van der Waals surface area contributed by atoms with Gasteiger partial charge in [-0.1, -0.05) is 0 Å². The van der Waals surface area contributed by atoms with Crippen molar-refractivity contribution in [2.24, 2.45) is 5.92 Å². The van der Waals surface area contributed by atoms with Gasteiger partial charge in [0.05, 0.1) is 0 Å². The topological polar surface area (TPSA) is 32.3 Å². The van der Waals surface area contributed by atoms with Crippen LogP contribution >= 0.6 is 0 Å². The number of carbonyl (C=O) groups excluding carboxylic acids is 1. The van der Waals surface area contributed by atoms with Crippen LogP contribution in [0.15, 0.2) is 0 Å². The van der Waals surface area contributed by atoms with Gasteiger partial charge >= 0.3 is 0 Å². The summed E-state index contributed by atoms with van der Waals surface area (Å²) in [6.45, 7) is 6.58. The lowest BCUT2D eigenvalue weighted by Gasteiger charge is -2.40. The number of hydrogen-bond donors (Lipinski definition) is 1. The molecule has 1 heterocycles. The lowest BCUT2D eigenvalue weighted by molar-refractivity contribution is -0.137. The first-order valence-corrected chi connectivity index (χ1v) is 7.70. The molecule has 3 nitrogen and oxygen atoms in total. The van der Waals surface area contributed by atoms with Crippen LogP contribution in [0.5, 0.6) is 0 Å². The van der Waals surface area contributed by atoms with Crippen molar-refractivity contribution in [1.82, 2.24) is 10.2 Å². The Kier molecular flexibility index (Phi) is 5.04. The van der Waals surface area contributed by atoms with E-state index in [1.807, 2.05) is 0 Å². The molecule has 2 aliphatic rings. The van der Waals surface area contributed by atoms with Crippen LogP contribution in [0.4, 0.5) is 0 Å². The van der Waals surface area contributed by atoms with E-state index in [4.69, 9.17) is 0 Å². The summed E-state index contributed by atoms with van der Waals surface area (Å²) in [5, 5.41) is 3.38. The molecule has 18 heavy (non-hydrogen) atoms. The molecule has 0 bridgehead atoms. The summed E-state index contributed by atoms with van der Waals surface area (Å²) in [6.07, 6.45) is 8.09. The molecule has 2 fully saturated rings. The molecule has 0 aromatic carbocycles. The van der Waals surface area contributed by atoms with Gasteiger partial charge in [-0.25, -0.2) is 0 Å². The molecule has 0 unspecified atom stereocenters. The molecule has 3 heteroatoms. The second-order valence-electron chi connectivity index (χ2n) is 6.21. The SMILES string of the molecule is CC(C)N(C(=O)CCC1CCNCC1)C1CCC1. The second kappa shape index (κ2) is 6.55. The smallest absolute Gasteiger partial charge is 0.223 e. The third-order valence-electron chi connectivity index (χ3n) is 4.54. The minimum Gasteiger partial charge on any atom is -0.337 e. The van der Waals surface area contributed by atoms with Gasteiger partial charge in [0.15, 0.2) is 0 Å². The van der Waals surface area contributed by atoms with Crippen LogP contribution in [0.1, 0.15) is 58.8 Å². The minimum absolute atomic E-state index is 0.371. The van der Waals surface area contributed by atoms with Crippen molar-refractivity contribution in [1.29, 1.82) is 0 Å². The fraction of sp³-hybridized carbons (Fsp3) is 0.933. The maximum atomic E-state index is 12.4. The van der Waals surface area contributed by atoms with E-state index in [2.05, 4.69) is 24.1 Å². The summed E-state index contributed by atoms with van der Waals surface area (Å²) >= 11 is 0. The molecule has 0 aromatic rings. The molecule has 1 amide bonds. The van der Waals surface area contributed by atoms with Crippen molar-refractivity contribution in [3.63, 3.8) is 0 Å². The third kappa shape index (κ3) is 3.47. The Hall–Kier alpha value is -0.570. The van der Waals surface area contributed by atoms with Gasteiger partial charge in [-0.15, -0.1) is 0 Å². The van der Waals surface area contributed by atoms with Crippen LogP contribution in [-0.2, 0) is 4.79 Å². The summed E-state index contributed by atoms with van der Waals surface area (Å²) in [4.78, 5) is 14.5. The van der Waals surface area contributed by atoms with E-state index in [1.54, 1.807) is 0 Å². The van der Waals surface area contributed by atoms with Crippen LogP contribution < -0.4 is 5.32 Å². The van der Waals surface area contributed by atoms with Crippen molar-refractivity contribution in [3.05, 3.63) is 0 Å². The van der Waals surface area contributed by atoms with Crippen LogP contribution in [0, 0.1) is 5.92 Å². The number of amides is 1. The molecule has 0 aromatic heterocycles. The highest BCUT2D eigenvalue weighted by molar-refractivity contribution is 5.77. The number of hydrogen-bond acceptors (Lipinski definition) is 2. The number of rotatable bonds is 5. The van der Waals surface area contributed by atoms with Crippen molar-refractivity contribution in [3.8, 4) is 0 Å². The molecule has 1 saturated heterocycles. The van der Waals surface area contributed by atoms with Gasteiger partial charge in [-0.3, -0.25) is 4.79 Å². The maximum Gasteiger partial charge on any atom is 0.223 e. The summed E-state index contributed by atoms with van der Waals surface area (Å²) in [6, 6.07) is 0.918. The normalized spacial score (nSPS) is 21.9. The lowest BCUT2D eigenvalue weighted by Crippen LogP contribution is -2.48. The number of piperidine rings is 1. The molecule has 1 N–H and O–H groups in total. The number of nitrogens with zero attached hydrogens (tertiary/aromatic N) is 1. The molecule has 1 saturated carbocycles. The lowest BCUT2D eigenvalue weighted by atomic mass is 9.89. The average Bonchev–Trinajstić information content (AvgIpc) is 2.31. The zero-order chi connectivity index (χ0) is 13.0. The van der Waals surface area contributed by atoms with E-state index in [0.717, 1.165) is 31.8 Å². The molecule has 1 aliphatic heterocycles. The van der Waals surface area contributed by atoms with E-state index >= 15 is 0 Å². The van der Waals surface area contributed by atoms with Gasteiger partial charge in [0.1, 0.15) is 0 Å². The Morgan fingerprint density at radius 2 is 1.89 bits per heavy atom. The van der Waals surface area contributed by atoms with Crippen molar-refractivity contribution in [2.75, 3.05) is 13.1 Å². The van der Waals surface area contributed by atoms with E-state index < -0.39 is 0 Å². The minimum atomic E-state index is 0.371. The van der Waals surface area contributed by atoms with Gasteiger partial charge in [0.25, 0.3) is 0 Å². The van der Waals surface area contributed by atoms with E-state index in [-0.39, 0.29) is 0 Å². The van der Waals surface area contributed by atoms with Crippen LogP contribution in [0.25, 0.3) is 0 Å². The van der Waals surface area contributed by atoms with E-state index in [9.17, 15) is 4.79 Å². The monoisotopic (exact) mass is 252 g/mol. The number of carbonyl (C=O) groups is 1. The maximum absolute atomic E-state index is 12.4. The zero-order valence-electron chi connectivity index (χ0n) is 12.0. The van der Waals surface area contributed by atoms with Gasteiger partial charge in [0, 0.05) is 18.5 Å². The van der Waals surface area contributed by atoms with E-state index in [0.29, 0.717) is 18.0 Å². The highest BCUT2D eigenvalue weighted by Gasteiger charge is 2.30. The van der Waals surface area contributed by atoms with Crippen LogP contribution in [0.2, 0.25) is 0 Å². The Morgan fingerprint density at radius 3 is 2.39 bits per heavy atom. The standard InChI is InChI=1S/C15H28N2O/c1-12(2)17(14-4-3-5-14)15(18)7-6-13-8-10-16-11-9-13/h12-14,16H,3-11H2,1-2H3. The highest BCUT2D eigenvalue weighted by atomic mass is 16.2. The summed E-state index contributed by atoms with van der Waals surface area (Å²) < 4.78 is 0. The second-order valence-corrected chi connectivity index (χ2v) is 6.21. The number of nitrogens with one attached hydrogen (secondary N) is 1. The predicted octanol–water partition coefficient (Wildman–Crippen LogP) is 2.56. The molecule has 0 atom stereocenters. The average molecular weight is 252 g/mol. The summed E-state index contributed by atoms with van der Waals surface area (Å²) in [5.74, 6) is 1.17. The Labute approximate surface area is 111 Å². The van der Waals surface area contributed by atoms with Crippen LogP contribution in [-0.4, -0.2) is 36.0 Å². The predicted molar refractivity (Wildman–Crippen MR) is 74.4 cm³/mol. The summed E-state index contributed by atoms with van der Waals surface area (Å²) in [7, 11) is 0. The Morgan fingerprint density at radius 1 is 1.22 bits per heavy atom. The molecule has 0 spiro atoms. The van der Waals surface area contributed by atoms with Crippen LogP contribution in [0.3, 0.4) is 0 Å². The molecule has 2 rings (SSSR count). The first-order valence-electron chi connectivity index (χ1n) is 7.70. The fourth-order valence-electron chi connectivity index (χ4n) is 3.21. The first-order chi connectivity index (χ1) is 8.68. The highest BCUT2D eigenvalue weighted by Crippen LogP contribution is 2.28. The van der Waals surface area contributed by atoms with Crippen molar-refractivity contribution in [2.45, 2.75) is 70.9 Å². The van der Waals surface area contributed by atoms with Gasteiger partial charge < -0.3 is 10.2 Å². The zero-order valence-corrected chi connectivity index (χ0v) is 12.0. The van der Waals surface area contributed by atoms with Crippen molar-refractivity contribution >= 4 is 5.91 Å².